The molecule has 0 atom stereocenters. The number of benzene rings is 1. The van der Waals surface area contributed by atoms with E-state index in [-0.39, 0.29) is 5.69 Å². The Morgan fingerprint density at radius 3 is 2.90 bits per heavy atom. The van der Waals surface area contributed by atoms with E-state index in [1.54, 1.807) is 38.4 Å². The highest BCUT2D eigenvalue weighted by atomic mass is 16.5. The summed E-state index contributed by atoms with van der Waals surface area (Å²) in [6.45, 7) is 0. The minimum absolute atomic E-state index is 0.133. The fourth-order valence-electron chi connectivity index (χ4n) is 1.71. The van der Waals surface area contributed by atoms with Crippen molar-refractivity contribution in [1.29, 1.82) is 0 Å². The minimum Gasteiger partial charge on any atom is -0.497 e. The Kier molecular flexibility index (Phi) is 4.50. The van der Waals surface area contributed by atoms with Crippen LogP contribution in [0.15, 0.2) is 53.6 Å². The monoisotopic (exact) mass is 285 g/mol. The Hall–Kier alpha value is -2.89. The lowest BCUT2D eigenvalue weighted by Crippen LogP contribution is -2.19. The third-order valence-corrected chi connectivity index (χ3v) is 2.76. The van der Waals surface area contributed by atoms with Gasteiger partial charge in [0.25, 0.3) is 0 Å². The molecule has 1 aromatic heterocycles. The number of carbonyl (C=O) groups excluding carboxylic acids is 1. The van der Waals surface area contributed by atoms with Gasteiger partial charge in [-0.2, -0.15) is 5.10 Å². The Morgan fingerprint density at radius 1 is 1.38 bits per heavy atom. The Morgan fingerprint density at radius 2 is 2.19 bits per heavy atom. The van der Waals surface area contributed by atoms with Crippen molar-refractivity contribution in [3.63, 3.8) is 0 Å². The lowest BCUT2D eigenvalue weighted by atomic mass is 10.2. The van der Waals surface area contributed by atoms with Gasteiger partial charge in [-0.1, -0.05) is 6.07 Å². The second-order valence-corrected chi connectivity index (χ2v) is 4.16. The largest absolute Gasteiger partial charge is 0.497 e. The van der Waals surface area contributed by atoms with E-state index < -0.39 is 11.2 Å². The van der Waals surface area contributed by atoms with Crippen LogP contribution < -0.4 is 15.5 Å². The number of methoxy groups -OCH3 is 1. The molecule has 1 N–H and O–H groups in total. The first kappa shape index (κ1) is 14.5. The van der Waals surface area contributed by atoms with Crippen molar-refractivity contribution in [2.75, 3.05) is 14.2 Å². The quantitative estimate of drug-likeness (QED) is 0.659. The van der Waals surface area contributed by atoms with E-state index >= 15 is 0 Å². The first-order chi connectivity index (χ1) is 10.2. The zero-order valence-electron chi connectivity index (χ0n) is 11.7. The number of hydrogen-bond donors (Lipinski definition) is 1. The lowest BCUT2D eigenvalue weighted by molar-refractivity contribution is 0.103. The first-order valence-electron chi connectivity index (χ1n) is 6.28. The van der Waals surface area contributed by atoms with Crippen molar-refractivity contribution in [3.05, 3.63) is 64.7 Å². The summed E-state index contributed by atoms with van der Waals surface area (Å²) in [4.78, 5) is 23.7. The van der Waals surface area contributed by atoms with Crippen LogP contribution in [0, 0.1) is 0 Å². The van der Waals surface area contributed by atoms with Crippen LogP contribution in [-0.2, 0) is 0 Å². The molecule has 1 aromatic carbocycles. The molecule has 0 saturated carbocycles. The highest BCUT2D eigenvalue weighted by molar-refractivity contribution is 6.02. The number of aromatic nitrogens is 2. The highest BCUT2D eigenvalue weighted by Crippen LogP contribution is 2.15. The second kappa shape index (κ2) is 6.51. The number of ether oxygens (including phenoxy) is 1. The standard InChI is InChI=1S/C15H15N3O3/c1-16-8-6-13(19)15-14(20)7-9-18(17-15)11-4-3-5-12(10-11)21-2/h3-10,16H,1-2H3. The minimum atomic E-state index is -0.452. The zero-order chi connectivity index (χ0) is 15.2. The molecular weight excluding hydrogens is 270 g/mol. The number of carbonyl (C=O) groups is 1. The first-order valence-corrected chi connectivity index (χ1v) is 6.28. The molecule has 1 heterocycles. The third-order valence-electron chi connectivity index (χ3n) is 2.76. The van der Waals surface area contributed by atoms with Gasteiger partial charge in [0, 0.05) is 37.7 Å². The summed E-state index contributed by atoms with van der Waals surface area (Å²) in [7, 11) is 3.23. The van der Waals surface area contributed by atoms with Gasteiger partial charge in [0.05, 0.1) is 12.8 Å². The molecule has 2 rings (SSSR count). The average molecular weight is 285 g/mol. The molecule has 21 heavy (non-hydrogen) atoms. The molecule has 0 bridgehead atoms. The summed E-state index contributed by atoms with van der Waals surface area (Å²) in [6.07, 6.45) is 4.22. The van der Waals surface area contributed by atoms with Crippen LogP contribution in [0.4, 0.5) is 0 Å². The summed E-state index contributed by atoms with van der Waals surface area (Å²) in [5, 5.41) is 6.79. The number of nitrogens with one attached hydrogen (secondary N) is 1. The Labute approximate surface area is 121 Å². The molecule has 0 fully saturated rings. The predicted molar refractivity (Wildman–Crippen MR) is 78.9 cm³/mol. The molecule has 0 unspecified atom stereocenters. The normalized spacial score (nSPS) is 10.6. The van der Waals surface area contributed by atoms with E-state index in [4.69, 9.17) is 4.74 Å². The SMILES string of the molecule is CNC=CC(=O)c1nn(-c2cccc(OC)c2)ccc1=O. The van der Waals surface area contributed by atoms with Gasteiger partial charge < -0.3 is 10.1 Å². The maximum absolute atomic E-state index is 11.9. The van der Waals surface area contributed by atoms with Crippen molar-refractivity contribution in [2.24, 2.45) is 0 Å². The molecule has 2 aromatic rings. The van der Waals surface area contributed by atoms with Crippen molar-refractivity contribution in [1.82, 2.24) is 15.1 Å². The zero-order valence-corrected chi connectivity index (χ0v) is 11.7. The number of rotatable bonds is 5. The van der Waals surface area contributed by atoms with E-state index in [0.29, 0.717) is 11.4 Å². The lowest BCUT2D eigenvalue weighted by Gasteiger charge is -2.07. The molecule has 6 nitrogen and oxygen atoms in total. The Balaban J connectivity index is 2.45. The topological polar surface area (TPSA) is 73.2 Å². The van der Waals surface area contributed by atoms with Gasteiger partial charge >= 0.3 is 0 Å². The number of nitrogens with zero attached hydrogens (tertiary/aromatic N) is 2. The van der Waals surface area contributed by atoms with Crippen LogP contribution in [-0.4, -0.2) is 29.7 Å². The Bertz CT molecular complexity index is 735. The van der Waals surface area contributed by atoms with Crippen LogP contribution in [0.1, 0.15) is 10.5 Å². The summed E-state index contributed by atoms with van der Waals surface area (Å²) in [6, 6.07) is 8.48. The molecule has 0 saturated heterocycles. The van der Waals surface area contributed by atoms with E-state index in [2.05, 4.69) is 10.4 Å². The molecule has 0 aliphatic carbocycles. The third kappa shape index (κ3) is 3.36. The summed E-state index contributed by atoms with van der Waals surface area (Å²) in [5.74, 6) is 0.211. The number of allylic oxidation sites excluding steroid dienone is 1. The van der Waals surface area contributed by atoms with Crippen molar-refractivity contribution < 1.29 is 9.53 Å². The van der Waals surface area contributed by atoms with Gasteiger partial charge in [0.2, 0.25) is 11.2 Å². The van der Waals surface area contributed by atoms with Gasteiger partial charge in [0.1, 0.15) is 5.75 Å². The van der Waals surface area contributed by atoms with E-state index in [0.717, 1.165) is 0 Å². The molecule has 108 valence electrons. The summed E-state index contributed by atoms with van der Waals surface area (Å²) < 4.78 is 6.60. The second-order valence-electron chi connectivity index (χ2n) is 4.16. The summed E-state index contributed by atoms with van der Waals surface area (Å²) in [5.41, 5.74) is 0.146. The molecule has 0 amide bonds. The van der Waals surface area contributed by atoms with Gasteiger partial charge in [-0.05, 0) is 12.1 Å². The molecular formula is C15H15N3O3. The van der Waals surface area contributed by atoms with Gasteiger partial charge in [-0.25, -0.2) is 4.68 Å². The molecule has 0 aliphatic heterocycles. The van der Waals surface area contributed by atoms with E-state index in [1.165, 1.54) is 29.2 Å². The highest BCUT2D eigenvalue weighted by Gasteiger charge is 2.10. The van der Waals surface area contributed by atoms with Gasteiger partial charge in [-0.3, -0.25) is 9.59 Å². The number of ketones is 1. The fourth-order valence-corrected chi connectivity index (χ4v) is 1.71. The smallest absolute Gasteiger partial charge is 0.211 e. The van der Waals surface area contributed by atoms with Gasteiger partial charge in [-0.15, -0.1) is 0 Å². The van der Waals surface area contributed by atoms with Crippen LogP contribution in [0.25, 0.3) is 5.69 Å². The van der Waals surface area contributed by atoms with E-state index in [1.807, 2.05) is 0 Å². The number of hydrogen-bond acceptors (Lipinski definition) is 5. The maximum atomic E-state index is 11.9. The average Bonchev–Trinajstić information content (AvgIpc) is 2.53. The van der Waals surface area contributed by atoms with Crippen LogP contribution in [0.3, 0.4) is 0 Å². The maximum Gasteiger partial charge on any atom is 0.211 e. The van der Waals surface area contributed by atoms with Crippen LogP contribution in [0.5, 0.6) is 5.75 Å². The van der Waals surface area contributed by atoms with Crippen molar-refractivity contribution in [3.8, 4) is 11.4 Å². The molecule has 6 heteroatoms. The van der Waals surface area contributed by atoms with Crippen LogP contribution in [0.2, 0.25) is 0 Å². The fraction of sp³-hybridized carbons (Fsp3) is 0.133. The van der Waals surface area contributed by atoms with Gasteiger partial charge in [0.15, 0.2) is 5.69 Å². The predicted octanol–water partition coefficient (Wildman–Crippen LogP) is 1.16. The van der Waals surface area contributed by atoms with Crippen molar-refractivity contribution >= 4 is 5.78 Å². The van der Waals surface area contributed by atoms with Crippen LogP contribution >= 0.6 is 0 Å². The van der Waals surface area contributed by atoms with Crippen molar-refractivity contribution in [2.45, 2.75) is 0 Å². The summed E-state index contributed by atoms with van der Waals surface area (Å²) >= 11 is 0. The molecule has 0 aliphatic rings. The molecule has 0 spiro atoms. The molecule has 0 radical (unpaired) electrons. The van der Waals surface area contributed by atoms with E-state index in [9.17, 15) is 9.59 Å².